The minimum Gasteiger partial charge on any atom is -0.377 e. The zero-order chi connectivity index (χ0) is 18.7. The highest BCUT2D eigenvalue weighted by molar-refractivity contribution is 14.0. The smallest absolute Gasteiger partial charge is 0.221 e. The molecule has 1 aliphatic heterocycles. The Bertz CT molecular complexity index is 424. The summed E-state index contributed by atoms with van der Waals surface area (Å²) in [6, 6.07) is 0. The van der Waals surface area contributed by atoms with E-state index in [9.17, 15) is 4.79 Å². The summed E-state index contributed by atoms with van der Waals surface area (Å²) in [4.78, 5) is 16.4. The van der Waals surface area contributed by atoms with Crippen LogP contribution in [0.15, 0.2) is 4.99 Å². The highest BCUT2D eigenvalue weighted by atomic mass is 127. The van der Waals surface area contributed by atoms with Crippen LogP contribution in [0.4, 0.5) is 0 Å². The number of nitrogens with zero attached hydrogens (tertiary/aromatic N) is 1. The number of hydrogen-bond donors (Lipinski definition) is 3. The van der Waals surface area contributed by atoms with Gasteiger partial charge in [-0.15, -0.1) is 24.0 Å². The maximum atomic E-state index is 11.7. The first kappa shape index (κ1) is 25.4. The van der Waals surface area contributed by atoms with E-state index in [4.69, 9.17) is 9.73 Å². The van der Waals surface area contributed by atoms with Crippen molar-refractivity contribution in [3.8, 4) is 0 Å². The highest BCUT2D eigenvalue weighted by Crippen LogP contribution is 2.34. The second-order valence-corrected chi connectivity index (χ2v) is 7.81. The molecule has 0 aromatic heterocycles. The fourth-order valence-electron chi connectivity index (χ4n) is 3.18. The third kappa shape index (κ3) is 9.94. The number of guanidine groups is 1. The van der Waals surface area contributed by atoms with Crippen LogP contribution in [-0.2, 0) is 9.53 Å². The summed E-state index contributed by atoms with van der Waals surface area (Å²) in [7, 11) is 0. The Morgan fingerprint density at radius 1 is 1.15 bits per heavy atom. The first-order chi connectivity index (χ1) is 11.9. The molecule has 1 amide bonds. The van der Waals surface area contributed by atoms with Crippen LogP contribution in [0, 0.1) is 11.3 Å². The summed E-state index contributed by atoms with van der Waals surface area (Å²) in [6.07, 6.45) is 3.93. The maximum Gasteiger partial charge on any atom is 0.221 e. The number of nitrogens with one attached hydrogen (secondary N) is 3. The molecule has 0 aliphatic carbocycles. The third-order valence-electron chi connectivity index (χ3n) is 4.34. The van der Waals surface area contributed by atoms with E-state index in [-0.39, 0.29) is 41.4 Å². The van der Waals surface area contributed by atoms with Crippen molar-refractivity contribution in [3.63, 3.8) is 0 Å². The van der Waals surface area contributed by atoms with Crippen LogP contribution in [0.2, 0.25) is 0 Å². The van der Waals surface area contributed by atoms with Gasteiger partial charge in [0, 0.05) is 45.1 Å². The van der Waals surface area contributed by atoms with Gasteiger partial charge >= 0.3 is 0 Å². The van der Waals surface area contributed by atoms with Gasteiger partial charge in [-0.1, -0.05) is 27.7 Å². The van der Waals surface area contributed by atoms with Crippen LogP contribution in [0.25, 0.3) is 0 Å². The van der Waals surface area contributed by atoms with Crippen LogP contribution < -0.4 is 16.0 Å². The van der Waals surface area contributed by atoms with Crippen LogP contribution in [0.3, 0.4) is 0 Å². The molecule has 0 bridgehead atoms. The zero-order valence-corrected chi connectivity index (χ0v) is 19.5. The van der Waals surface area contributed by atoms with E-state index in [1.807, 2.05) is 13.8 Å². The van der Waals surface area contributed by atoms with E-state index in [0.717, 1.165) is 51.5 Å². The monoisotopic (exact) mass is 482 g/mol. The van der Waals surface area contributed by atoms with Crippen molar-refractivity contribution in [3.05, 3.63) is 0 Å². The van der Waals surface area contributed by atoms with Gasteiger partial charge in [-0.25, -0.2) is 0 Å². The quantitative estimate of drug-likeness (QED) is 0.283. The van der Waals surface area contributed by atoms with Crippen molar-refractivity contribution in [1.82, 2.24) is 16.0 Å². The minimum absolute atomic E-state index is 0. The zero-order valence-electron chi connectivity index (χ0n) is 17.2. The summed E-state index contributed by atoms with van der Waals surface area (Å²) in [6.45, 7) is 14.5. The molecular formula is C19H39IN4O2. The Balaban J connectivity index is 0.00000625. The van der Waals surface area contributed by atoms with Crippen molar-refractivity contribution in [2.45, 2.75) is 66.4 Å². The number of ether oxygens (including phenoxy) is 1. The molecule has 0 aromatic rings. The number of aliphatic imine (C=N–C) groups is 1. The number of hydrogen-bond acceptors (Lipinski definition) is 3. The SMILES string of the molecule is CCCNC(=O)CCNC(=NCC1CCCOC1C(C)(C)C)NCC.I. The first-order valence-corrected chi connectivity index (χ1v) is 9.79. The molecule has 0 saturated carbocycles. The van der Waals surface area contributed by atoms with E-state index >= 15 is 0 Å². The predicted molar refractivity (Wildman–Crippen MR) is 119 cm³/mol. The van der Waals surface area contributed by atoms with Crippen molar-refractivity contribution in [2.75, 3.05) is 32.8 Å². The van der Waals surface area contributed by atoms with Crippen molar-refractivity contribution < 1.29 is 9.53 Å². The molecule has 0 spiro atoms. The molecule has 26 heavy (non-hydrogen) atoms. The summed E-state index contributed by atoms with van der Waals surface area (Å²) >= 11 is 0. The first-order valence-electron chi connectivity index (χ1n) is 9.79. The molecule has 0 radical (unpaired) electrons. The van der Waals surface area contributed by atoms with Gasteiger partial charge in [0.2, 0.25) is 5.91 Å². The van der Waals surface area contributed by atoms with Gasteiger partial charge in [-0.2, -0.15) is 0 Å². The molecule has 154 valence electrons. The molecule has 3 N–H and O–H groups in total. The Hall–Kier alpha value is -0.570. The Morgan fingerprint density at radius 3 is 2.50 bits per heavy atom. The van der Waals surface area contributed by atoms with E-state index in [1.165, 1.54) is 0 Å². The summed E-state index contributed by atoms with van der Waals surface area (Å²) in [5, 5.41) is 9.41. The molecule has 1 fully saturated rings. The van der Waals surface area contributed by atoms with Gasteiger partial charge < -0.3 is 20.7 Å². The van der Waals surface area contributed by atoms with E-state index in [0.29, 0.717) is 18.9 Å². The molecule has 1 heterocycles. The number of halogens is 1. The van der Waals surface area contributed by atoms with Gasteiger partial charge in [0.05, 0.1) is 6.10 Å². The van der Waals surface area contributed by atoms with Gasteiger partial charge in [0.15, 0.2) is 5.96 Å². The summed E-state index contributed by atoms with van der Waals surface area (Å²) in [5.41, 5.74) is 0.129. The lowest BCUT2D eigenvalue weighted by atomic mass is 9.78. The van der Waals surface area contributed by atoms with Crippen LogP contribution in [-0.4, -0.2) is 50.8 Å². The second-order valence-electron chi connectivity index (χ2n) is 7.81. The standard InChI is InChI=1S/C19H38N4O2.HI/c1-6-11-21-16(24)10-12-22-18(20-7-2)23-14-15-9-8-13-25-17(15)19(3,4)5;/h15,17H,6-14H2,1-5H3,(H,21,24)(H2,20,22,23);1H. The molecule has 7 heteroatoms. The lowest BCUT2D eigenvalue weighted by Gasteiger charge is -2.39. The number of carbonyl (C=O) groups excluding carboxylic acids is 1. The molecule has 2 atom stereocenters. The minimum atomic E-state index is 0. The molecule has 1 rings (SSSR count). The Kier molecular flexibility index (Phi) is 13.3. The largest absolute Gasteiger partial charge is 0.377 e. The number of rotatable bonds is 8. The van der Waals surface area contributed by atoms with Gasteiger partial charge in [0.1, 0.15) is 0 Å². The van der Waals surface area contributed by atoms with E-state index < -0.39 is 0 Å². The second kappa shape index (κ2) is 13.6. The number of amides is 1. The Labute approximate surface area is 176 Å². The fraction of sp³-hybridized carbons (Fsp3) is 0.895. The molecular weight excluding hydrogens is 443 g/mol. The van der Waals surface area contributed by atoms with E-state index in [1.54, 1.807) is 0 Å². The fourth-order valence-corrected chi connectivity index (χ4v) is 3.18. The maximum absolute atomic E-state index is 11.7. The predicted octanol–water partition coefficient (Wildman–Crippen LogP) is 2.92. The normalized spacial score (nSPS) is 20.9. The highest BCUT2D eigenvalue weighted by Gasteiger charge is 2.35. The Morgan fingerprint density at radius 2 is 1.88 bits per heavy atom. The van der Waals surface area contributed by atoms with Crippen molar-refractivity contribution in [2.24, 2.45) is 16.3 Å². The van der Waals surface area contributed by atoms with Crippen LogP contribution >= 0.6 is 24.0 Å². The molecule has 6 nitrogen and oxygen atoms in total. The molecule has 1 saturated heterocycles. The van der Waals surface area contributed by atoms with Crippen LogP contribution in [0.1, 0.15) is 60.3 Å². The van der Waals surface area contributed by atoms with Crippen molar-refractivity contribution >= 4 is 35.8 Å². The topological polar surface area (TPSA) is 74.8 Å². The van der Waals surface area contributed by atoms with Crippen molar-refractivity contribution in [1.29, 1.82) is 0 Å². The van der Waals surface area contributed by atoms with Gasteiger partial charge in [-0.3, -0.25) is 9.79 Å². The van der Waals surface area contributed by atoms with Crippen LogP contribution in [0.5, 0.6) is 0 Å². The lowest BCUT2D eigenvalue weighted by molar-refractivity contribution is -0.120. The lowest BCUT2D eigenvalue weighted by Crippen LogP contribution is -2.43. The number of carbonyl (C=O) groups is 1. The summed E-state index contributed by atoms with van der Waals surface area (Å²) in [5.74, 6) is 1.31. The van der Waals surface area contributed by atoms with E-state index in [2.05, 4.69) is 36.7 Å². The summed E-state index contributed by atoms with van der Waals surface area (Å²) < 4.78 is 6.03. The third-order valence-corrected chi connectivity index (χ3v) is 4.34. The molecule has 0 aromatic carbocycles. The van der Waals surface area contributed by atoms with Gasteiger partial charge in [-0.05, 0) is 31.6 Å². The average Bonchev–Trinajstić information content (AvgIpc) is 2.57. The molecule has 1 aliphatic rings. The van der Waals surface area contributed by atoms with Gasteiger partial charge in [0.25, 0.3) is 0 Å². The molecule has 2 unspecified atom stereocenters. The average molecular weight is 482 g/mol.